The lowest BCUT2D eigenvalue weighted by Crippen LogP contribution is -2.35. The normalized spacial score (nSPS) is 15.1. The number of nitrogens with zero attached hydrogens (tertiary/aromatic N) is 3. The van der Waals surface area contributed by atoms with Crippen molar-refractivity contribution in [2.75, 3.05) is 18.4 Å². The summed E-state index contributed by atoms with van der Waals surface area (Å²) in [7, 11) is -3.65. The summed E-state index contributed by atoms with van der Waals surface area (Å²) in [5.74, 6) is -1.11. The third kappa shape index (κ3) is 4.52. The molecule has 3 aromatic rings. The van der Waals surface area contributed by atoms with Crippen LogP contribution < -0.4 is 11.0 Å². The van der Waals surface area contributed by atoms with Gasteiger partial charge in [-0.3, -0.25) is 9.36 Å². The zero-order valence-electron chi connectivity index (χ0n) is 16.9. The van der Waals surface area contributed by atoms with Crippen molar-refractivity contribution in [2.24, 2.45) is 0 Å². The maximum absolute atomic E-state index is 13.2. The van der Waals surface area contributed by atoms with Crippen LogP contribution in [0.25, 0.3) is 10.9 Å². The van der Waals surface area contributed by atoms with Gasteiger partial charge in [0.15, 0.2) is 0 Å². The van der Waals surface area contributed by atoms with Gasteiger partial charge in [0.05, 0.1) is 21.1 Å². The first-order valence-electron chi connectivity index (χ1n) is 10.0. The summed E-state index contributed by atoms with van der Waals surface area (Å²) >= 11 is 5.93. The molecule has 1 aliphatic rings. The van der Waals surface area contributed by atoms with Gasteiger partial charge >= 0.3 is 5.69 Å². The smallest absolute Gasteiger partial charge is 0.323 e. The summed E-state index contributed by atoms with van der Waals surface area (Å²) in [6.45, 7) is 0.573. The summed E-state index contributed by atoms with van der Waals surface area (Å²) in [5, 5.41) is 2.96. The number of carbonyl (C=O) groups is 1. The number of fused-ring (bicyclic) bond motifs is 1. The molecule has 2 aromatic carbocycles. The van der Waals surface area contributed by atoms with Crippen LogP contribution in [0, 0.1) is 5.82 Å². The van der Waals surface area contributed by atoms with Gasteiger partial charge in [0, 0.05) is 24.7 Å². The number of benzene rings is 2. The molecule has 4 rings (SSSR count). The minimum atomic E-state index is -3.65. The number of hydrogen-bond acceptors (Lipinski definition) is 5. The second-order valence-corrected chi connectivity index (χ2v) is 9.83. The van der Waals surface area contributed by atoms with Crippen LogP contribution in [0.1, 0.15) is 19.3 Å². The van der Waals surface area contributed by atoms with Gasteiger partial charge in [-0.25, -0.2) is 22.6 Å². The van der Waals surface area contributed by atoms with Gasteiger partial charge in [-0.2, -0.15) is 4.31 Å². The van der Waals surface area contributed by atoms with Crippen LogP contribution >= 0.6 is 11.6 Å². The van der Waals surface area contributed by atoms with Crippen molar-refractivity contribution in [2.45, 2.75) is 30.7 Å². The minimum Gasteiger partial charge on any atom is -0.323 e. The fourth-order valence-electron chi connectivity index (χ4n) is 3.67. The summed E-state index contributed by atoms with van der Waals surface area (Å²) in [6.07, 6.45) is 3.94. The molecule has 11 heteroatoms. The molecular weight excluding hydrogens is 459 g/mol. The predicted molar refractivity (Wildman–Crippen MR) is 119 cm³/mol. The number of carbonyl (C=O) groups excluding carboxylic acids is 1. The van der Waals surface area contributed by atoms with Crippen molar-refractivity contribution in [3.05, 3.63) is 63.9 Å². The van der Waals surface area contributed by atoms with E-state index >= 15 is 0 Å². The average molecular weight is 479 g/mol. The molecule has 0 atom stereocenters. The number of amides is 1. The predicted octanol–water partition coefficient (Wildman–Crippen LogP) is 3.00. The van der Waals surface area contributed by atoms with Gasteiger partial charge in [-0.15, -0.1) is 0 Å². The molecule has 1 fully saturated rings. The lowest BCUT2D eigenvalue weighted by Gasteiger charge is -2.26. The van der Waals surface area contributed by atoms with Gasteiger partial charge in [0.1, 0.15) is 12.4 Å². The summed E-state index contributed by atoms with van der Waals surface area (Å²) in [4.78, 5) is 28.7. The first-order valence-corrected chi connectivity index (χ1v) is 11.8. The largest absolute Gasteiger partial charge is 0.348 e. The number of halogens is 2. The second kappa shape index (κ2) is 8.97. The Morgan fingerprint density at radius 2 is 1.88 bits per heavy atom. The lowest BCUT2D eigenvalue weighted by molar-refractivity contribution is -0.116. The van der Waals surface area contributed by atoms with E-state index in [9.17, 15) is 22.4 Å². The van der Waals surface area contributed by atoms with E-state index < -0.39 is 27.4 Å². The van der Waals surface area contributed by atoms with Crippen LogP contribution in [0.4, 0.5) is 10.1 Å². The molecule has 1 aromatic heterocycles. The van der Waals surface area contributed by atoms with Gasteiger partial charge in [-0.05, 0) is 49.2 Å². The van der Waals surface area contributed by atoms with E-state index in [1.807, 2.05) is 0 Å². The topological polar surface area (TPSA) is 101 Å². The Labute approximate surface area is 188 Å². The molecule has 1 amide bonds. The van der Waals surface area contributed by atoms with Gasteiger partial charge in [-0.1, -0.05) is 18.0 Å². The van der Waals surface area contributed by atoms with Crippen molar-refractivity contribution in [3.8, 4) is 0 Å². The standard InChI is InChI=1S/C21H20ClFN4O4S/c22-17-11-15(23)4-6-18(17)25-20(28)13-27-19-7-5-16(10-14(19)12-24-21(27)29)32(30,31)26-8-2-1-3-9-26/h4-7,10-12H,1-3,8-9,13H2,(H,25,28). The summed E-state index contributed by atoms with van der Waals surface area (Å²) < 4.78 is 41.7. The van der Waals surface area contributed by atoms with Crippen LogP contribution in [0.5, 0.6) is 0 Å². The summed E-state index contributed by atoms with van der Waals surface area (Å²) in [5.41, 5.74) is -0.0957. The Kier molecular flexibility index (Phi) is 6.27. The highest BCUT2D eigenvalue weighted by Crippen LogP contribution is 2.24. The molecule has 1 aliphatic heterocycles. The maximum Gasteiger partial charge on any atom is 0.348 e. The molecule has 0 radical (unpaired) electrons. The Hall–Kier alpha value is -2.82. The number of nitrogens with one attached hydrogen (secondary N) is 1. The van der Waals surface area contributed by atoms with Gasteiger partial charge in [0.25, 0.3) is 0 Å². The highest BCUT2D eigenvalue weighted by atomic mass is 35.5. The average Bonchev–Trinajstić information content (AvgIpc) is 2.78. The molecular formula is C21H20ClFN4O4S. The Balaban J connectivity index is 1.63. The number of sulfonamides is 1. The van der Waals surface area contributed by atoms with E-state index in [0.717, 1.165) is 36.0 Å². The van der Waals surface area contributed by atoms with Crippen molar-refractivity contribution in [1.82, 2.24) is 13.9 Å². The van der Waals surface area contributed by atoms with Crippen molar-refractivity contribution >= 4 is 44.1 Å². The molecule has 0 spiro atoms. The van der Waals surface area contributed by atoms with E-state index in [1.54, 1.807) is 0 Å². The molecule has 0 unspecified atom stereocenters. The number of anilines is 1. The zero-order chi connectivity index (χ0) is 22.9. The van der Waals surface area contributed by atoms with Crippen molar-refractivity contribution in [3.63, 3.8) is 0 Å². The van der Waals surface area contributed by atoms with Gasteiger partial charge < -0.3 is 5.32 Å². The molecule has 1 N–H and O–H groups in total. The van der Waals surface area contributed by atoms with E-state index in [-0.39, 0.29) is 22.2 Å². The van der Waals surface area contributed by atoms with E-state index in [2.05, 4.69) is 10.3 Å². The molecule has 0 saturated carbocycles. The summed E-state index contributed by atoms with van der Waals surface area (Å²) in [6, 6.07) is 7.91. The Morgan fingerprint density at radius 3 is 2.59 bits per heavy atom. The van der Waals surface area contributed by atoms with Crippen molar-refractivity contribution < 1.29 is 17.6 Å². The molecule has 32 heavy (non-hydrogen) atoms. The number of rotatable bonds is 5. The Morgan fingerprint density at radius 1 is 1.12 bits per heavy atom. The van der Waals surface area contributed by atoms with Crippen LogP contribution in [-0.2, 0) is 21.4 Å². The molecule has 1 saturated heterocycles. The monoisotopic (exact) mass is 478 g/mol. The van der Waals surface area contributed by atoms with E-state index in [4.69, 9.17) is 11.6 Å². The molecule has 0 aliphatic carbocycles. The Bertz CT molecular complexity index is 1350. The molecule has 0 bridgehead atoms. The van der Waals surface area contributed by atoms with Gasteiger partial charge in [0.2, 0.25) is 15.9 Å². The second-order valence-electron chi connectivity index (χ2n) is 7.48. The molecule has 8 nitrogen and oxygen atoms in total. The fraction of sp³-hybridized carbons (Fsp3) is 0.286. The zero-order valence-corrected chi connectivity index (χ0v) is 18.5. The van der Waals surface area contributed by atoms with Crippen LogP contribution in [0.3, 0.4) is 0 Å². The number of aromatic nitrogens is 2. The highest BCUT2D eigenvalue weighted by molar-refractivity contribution is 7.89. The van der Waals surface area contributed by atoms with Crippen molar-refractivity contribution in [1.29, 1.82) is 0 Å². The first-order chi connectivity index (χ1) is 15.3. The fourth-order valence-corrected chi connectivity index (χ4v) is 5.44. The number of hydrogen-bond donors (Lipinski definition) is 1. The molecule has 2 heterocycles. The maximum atomic E-state index is 13.2. The third-order valence-electron chi connectivity index (χ3n) is 5.29. The SMILES string of the molecule is O=C(Cn1c(=O)ncc2cc(S(=O)(=O)N3CCCCC3)ccc21)Nc1ccc(F)cc1Cl. The van der Waals surface area contributed by atoms with E-state index in [0.29, 0.717) is 24.0 Å². The molecule has 168 valence electrons. The quantitative estimate of drug-likeness (QED) is 0.607. The highest BCUT2D eigenvalue weighted by Gasteiger charge is 2.26. The number of piperidine rings is 1. The van der Waals surface area contributed by atoms with Crippen LogP contribution in [0.15, 0.2) is 52.3 Å². The van der Waals surface area contributed by atoms with Crippen LogP contribution in [0.2, 0.25) is 5.02 Å². The van der Waals surface area contributed by atoms with E-state index in [1.165, 1.54) is 34.8 Å². The first kappa shape index (κ1) is 22.4. The minimum absolute atomic E-state index is 0.0225. The lowest BCUT2D eigenvalue weighted by atomic mass is 10.2. The van der Waals surface area contributed by atoms with Crippen LogP contribution in [-0.4, -0.2) is 41.3 Å². The third-order valence-corrected chi connectivity index (χ3v) is 7.50.